The zero-order chi connectivity index (χ0) is 13.2. The smallest absolute Gasteiger partial charge is 0.124 e. The number of nitrogens with one attached hydrogen (secondary N) is 1. The Labute approximate surface area is 113 Å². The Morgan fingerprint density at radius 2 is 2.28 bits per heavy atom. The van der Waals surface area contributed by atoms with Gasteiger partial charge in [-0.15, -0.1) is 0 Å². The molecule has 0 radical (unpaired) electrons. The minimum absolute atomic E-state index is 0.279. The summed E-state index contributed by atoms with van der Waals surface area (Å²) in [5, 5.41) is 3.91. The maximum atomic E-state index is 13.0. The number of nitrogens with zero attached hydrogens (tertiary/aromatic N) is 1. The van der Waals surface area contributed by atoms with Crippen LogP contribution in [0.25, 0.3) is 0 Å². The second-order valence-corrected chi connectivity index (χ2v) is 6.05. The summed E-state index contributed by atoms with van der Waals surface area (Å²) in [6, 6.07) is 4.61. The first kappa shape index (κ1) is 13.8. The molecule has 0 spiro atoms. The molecule has 1 fully saturated rings. The normalized spacial score (nSPS) is 23.8. The lowest BCUT2D eigenvalue weighted by atomic mass is 9.89. The molecule has 1 aromatic carbocycles. The van der Waals surface area contributed by atoms with E-state index in [1.807, 2.05) is 0 Å². The van der Waals surface area contributed by atoms with Crippen molar-refractivity contribution in [2.75, 3.05) is 26.7 Å². The highest BCUT2D eigenvalue weighted by Crippen LogP contribution is 2.26. The second kappa shape index (κ2) is 5.55. The van der Waals surface area contributed by atoms with Crippen LogP contribution in [0.1, 0.15) is 18.9 Å². The average Bonchev–Trinajstić information content (AvgIpc) is 2.69. The van der Waals surface area contributed by atoms with E-state index in [2.05, 4.69) is 24.2 Å². The highest BCUT2D eigenvalue weighted by molar-refractivity contribution is 6.31. The van der Waals surface area contributed by atoms with E-state index >= 15 is 0 Å². The predicted octanol–water partition coefficient (Wildman–Crippen LogP) is 2.91. The van der Waals surface area contributed by atoms with E-state index in [1.165, 1.54) is 18.6 Å². The van der Waals surface area contributed by atoms with Gasteiger partial charge in [-0.1, -0.05) is 24.6 Å². The van der Waals surface area contributed by atoms with E-state index < -0.39 is 0 Å². The molecular weight excluding hydrogens is 251 g/mol. The molecule has 4 heteroatoms. The molecule has 100 valence electrons. The van der Waals surface area contributed by atoms with Gasteiger partial charge in [-0.3, -0.25) is 0 Å². The number of rotatable bonds is 4. The fraction of sp³-hybridized carbons (Fsp3) is 0.571. The summed E-state index contributed by atoms with van der Waals surface area (Å²) < 4.78 is 13.0. The zero-order valence-corrected chi connectivity index (χ0v) is 11.7. The van der Waals surface area contributed by atoms with Crippen molar-refractivity contribution < 1.29 is 4.39 Å². The van der Waals surface area contributed by atoms with E-state index in [0.717, 1.165) is 31.7 Å². The van der Waals surface area contributed by atoms with Gasteiger partial charge in [0.05, 0.1) is 0 Å². The Morgan fingerprint density at radius 1 is 1.50 bits per heavy atom. The third-order valence-electron chi connectivity index (χ3n) is 3.56. The second-order valence-electron chi connectivity index (χ2n) is 5.65. The van der Waals surface area contributed by atoms with Gasteiger partial charge in [-0.25, -0.2) is 4.39 Å². The molecule has 1 aromatic rings. The largest absolute Gasteiger partial charge is 0.316 e. The molecule has 0 amide bonds. The highest BCUT2D eigenvalue weighted by Gasteiger charge is 2.29. The van der Waals surface area contributed by atoms with Crippen LogP contribution >= 0.6 is 11.6 Å². The maximum Gasteiger partial charge on any atom is 0.124 e. The zero-order valence-electron chi connectivity index (χ0n) is 11.0. The molecule has 0 aromatic heterocycles. The van der Waals surface area contributed by atoms with Crippen LogP contribution in [0.15, 0.2) is 18.2 Å². The molecule has 1 saturated heterocycles. The van der Waals surface area contributed by atoms with Crippen LogP contribution in [0.5, 0.6) is 0 Å². The van der Waals surface area contributed by atoms with E-state index in [4.69, 9.17) is 11.6 Å². The minimum atomic E-state index is -0.279. The predicted molar refractivity (Wildman–Crippen MR) is 73.3 cm³/mol. The Morgan fingerprint density at radius 3 is 2.89 bits per heavy atom. The number of benzene rings is 1. The molecule has 1 aliphatic heterocycles. The molecule has 0 bridgehead atoms. The lowest BCUT2D eigenvalue weighted by Gasteiger charge is -2.29. The molecule has 1 aliphatic rings. The van der Waals surface area contributed by atoms with Crippen LogP contribution in [0.4, 0.5) is 4.39 Å². The van der Waals surface area contributed by atoms with Gasteiger partial charge in [0.25, 0.3) is 0 Å². The summed E-state index contributed by atoms with van der Waals surface area (Å²) in [5.74, 6) is -0.279. The summed E-state index contributed by atoms with van der Waals surface area (Å²) >= 11 is 6.05. The Balaban J connectivity index is 1.96. The van der Waals surface area contributed by atoms with Crippen molar-refractivity contribution in [1.29, 1.82) is 0 Å². The maximum absolute atomic E-state index is 13.0. The van der Waals surface area contributed by atoms with Crippen molar-refractivity contribution in [3.63, 3.8) is 0 Å². The van der Waals surface area contributed by atoms with Gasteiger partial charge < -0.3 is 10.2 Å². The quantitative estimate of drug-likeness (QED) is 0.905. The topological polar surface area (TPSA) is 15.3 Å². The van der Waals surface area contributed by atoms with Gasteiger partial charge in [-0.05, 0) is 43.1 Å². The number of hydrogen-bond acceptors (Lipinski definition) is 2. The van der Waals surface area contributed by atoms with Crippen molar-refractivity contribution in [3.8, 4) is 0 Å². The van der Waals surface area contributed by atoms with Crippen molar-refractivity contribution in [3.05, 3.63) is 34.6 Å². The SMILES string of the molecule is CN(Cc1ccc(F)cc1Cl)CC1(C)CCNC1. The van der Waals surface area contributed by atoms with Crippen molar-refractivity contribution in [2.45, 2.75) is 19.9 Å². The van der Waals surface area contributed by atoms with E-state index in [1.54, 1.807) is 6.07 Å². The molecule has 1 atom stereocenters. The van der Waals surface area contributed by atoms with Crippen LogP contribution < -0.4 is 5.32 Å². The van der Waals surface area contributed by atoms with Gasteiger partial charge >= 0.3 is 0 Å². The summed E-state index contributed by atoms with van der Waals surface area (Å²) in [6.45, 7) is 6.24. The van der Waals surface area contributed by atoms with E-state index in [9.17, 15) is 4.39 Å². The van der Waals surface area contributed by atoms with Gasteiger partial charge in [0, 0.05) is 24.7 Å². The molecule has 1 unspecified atom stereocenters. The molecule has 1 heterocycles. The third kappa shape index (κ3) is 3.44. The monoisotopic (exact) mass is 270 g/mol. The summed E-state index contributed by atoms with van der Waals surface area (Å²) in [6.07, 6.45) is 1.20. The Bertz CT molecular complexity index is 416. The molecule has 0 aliphatic carbocycles. The van der Waals surface area contributed by atoms with Gasteiger partial charge in [0.1, 0.15) is 5.82 Å². The molecule has 1 N–H and O–H groups in total. The number of hydrogen-bond donors (Lipinski definition) is 1. The van der Waals surface area contributed by atoms with Crippen molar-refractivity contribution in [1.82, 2.24) is 10.2 Å². The molecular formula is C14H20ClFN2. The fourth-order valence-electron chi connectivity index (χ4n) is 2.65. The Hall–Kier alpha value is -0.640. The summed E-state index contributed by atoms with van der Waals surface area (Å²) in [4.78, 5) is 2.26. The average molecular weight is 271 g/mol. The molecule has 18 heavy (non-hydrogen) atoms. The van der Waals surface area contributed by atoms with Crippen LogP contribution in [0.3, 0.4) is 0 Å². The molecule has 2 nitrogen and oxygen atoms in total. The van der Waals surface area contributed by atoms with Crippen LogP contribution in [0.2, 0.25) is 5.02 Å². The third-order valence-corrected chi connectivity index (χ3v) is 3.92. The van der Waals surface area contributed by atoms with Crippen molar-refractivity contribution in [2.24, 2.45) is 5.41 Å². The van der Waals surface area contributed by atoms with Crippen LogP contribution in [-0.2, 0) is 6.54 Å². The standard InChI is InChI=1S/C14H20ClFN2/c1-14(5-6-17-9-14)10-18(2)8-11-3-4-12(16)7-13(11)15/h3-4,7,17H,5-6,8-10H2,1-2H3. The lowest BCUT2D eigenvalue weighted by molar-refractivity contribution is 0.203. The van der Waals surface area contributed by atoms with Gasteiger partial charge in [-0.2, -0.15) is 0 Å². The van der Waals surface area contributed by atoms with E-state index in [0.29, 0.717) is 10.4 Å². The van der Waals surface area contributed by atoms with Gasteiger partial charge in [0.15, 0.2) is 0 Å². The first-order valence-corrected chi connectivity index (χ1v) is 6.69. The Kier molecular flexibility index (Phi) is 4.25. The van der Waals surface area contributed by atoms with E-state index in [-0.39, 0.29) is 5.82 Å². The molecule has 2 rings (SSSR count). The first-order valence-electron chi connectivity index (χ1n) is 6.32. The summed E-state index contributed by atoms with van der Waals surface area (Å²) in [5.41, 5.74) is 1.32. The highest BCUT2D eigenvalue weighted by atomic mass is 35.5. The van der Waals surface area contributed by atoms with Gasteiger partial charge in [0.2, 0.25) is 0 Å². The summed E-state index contributed by atoms with van der Waals surface area (Å²) in [7, 11) is 2.09. The minimum Gasteiger partial charge on any atom is -0.316 e. The lowest BCUT2D eigenvalue weighted by Crippen LogP contribution is -2.34. The van der Waals surface area contributed by atoms with Crippen LogP contribution in [0, 0.1) is 11.2 Å². The first-order chi connectivity index (χ1) is 8.48. The molecule has 0 saturated carbocycles. The van der Waals surface area contributed by atoms with Crippen LogP contribution in [-0.4, -0.2) is 31.6 Å². The van der Waals surface area contributed by atoms with Crippen molar-refractivity contribution >= 4 is 11.6 Å². The number of halogens is 2. The fourth-order valence-corrected chi connectivity index (χ4v) is 2.88.